The Morgan fingerprint density at radius 1 is 1.18 bits per heavy atom. The smallest absolute Gasteiger partial charge is 0.0304 e. The first-order chi connectivity index (χ1) is 8.14. The summed E-state index contributed by atoms with van der Waals surface area (Å²) in [5, 5.41) is 3.84. The number of nitrogens with zero attached hydrogens (tertiary/aromatic N) is 1. The second-order valence-electron chi connectivity index (χ2n) is 6.33. The summed E-state index contributed by atoms with van der Waals surface area (Å²) in [5.74, 6) is 0.963. The zero-order chi connectivity index (χ0) is 12.5. The summed E-state index contributed by atoms with van der Waals surface area (Å²) in [7, 11) is 0. The molecule has 1 aliphatic heterocycles. The minimum Gasteiger partial charge on any atom is -0.308 e. The Labute approximate surface area is 107 Å². The topological polar surface area (TPSA) is 15.3 Å². The molecule has 0 bridgehead atoms. The first kappa shape index (κ1) is 13.4. The van der Waals surface area contributed by atoms with Gasteiger partial charge in [-0.15, -0.1) is 0 Å². The van der Waals surface area contributed by atoms with E-state index >= 15 is 0 Å². The van der Waals surface area contributed by atoms with Crippen molar-refractivity contribution in [2.45, 2.75) is 77.4 Å². The van der Waals surface area contributed by atoms with Crippen molar-refractivity contribution in [1.82, 2.24) is 10.2 Å². The maximum absolute atomic E-state index is 3.84. The third kappa shape index (κ3) is 2.53. The minimum absolute atomic E-state index is 0.393. The number of piperazine rings is 1. The van der Waals surface area contributed by atoms with Crippen LogP contribution in [0.3, 0.4) is 0 Å². The van der Waals surface area contributed by atoms with E-state index in [0.717, 1.165) is 18.0 Å². The van der Waals surface area contributed by atoms with Crippen LogP contribution in [0.25, 0.3) is 0 Å². The van der Waals surface area contributed by atoms with E-state index in [1.165, 1.54) is 45.2 Å². The molecule has 2 nitrogen and oxygen atoms in total. The highest BCUT2D eigenvalue weighted by Gasteiger charge is 2.42. The molecule has 100 valence electrons. The molecular formula is C15H30N2. The molecule has 1 heterocycles. The molecule has 1 aliphatic carbocycles. The van der Waals surface area contributed by atoms with E-state index in [1.807, 2.05) is 0 Å². The molecule has 0 radical (unpaired) electrons. The average Bonchev–Trinajstić information content (AvgIpc) is 2.34. The summed E-state index contributed by atoms with van der Waals surface area (Å²) in [6, 6.07) is 1.66. The number of hydrogen-bond acceptors (Lipinski definition) is 2. The molecule has 0 aromatic carbocycles. The van der Waals surface area contributed by atoms with E-state index < -0.39 is 0 Å². The molecule has 1 saturated carbocycles. The Morgan fingerprint density at radius 3 is 2.29 bits per heavy atom. The molecule has 2 fully saturated rings. The van der Waals surface area contributed by atoms with Crippen molar-refractivity contribution >= 4 is 0 Å². The Hall–Kier alpha value is -0.0800. The van der Waals surface area contributed by atoms with Crippen molar-refractivity contribution in [3.05, 3.63) is 0 Å². The second-order valence-corrected chi connectivity index (χ2v) is 6.33. The average molecular weight is 238 g/mol. The van der Waals surface area contributed by atoms with Gasteiger partial charge in [0, 0.05) is 30.7 Å². The van der Waals surface area contributed by atoms with Crippen LogP contribution in [-0.4, -0.2) is 35.6 Å². The van der Waals surface area contributed by atoms with Gasteiger partial charge >= 0.3 is 0 Å². The predicted octanol–water partition coefficient (Wildman–Crippen LogP) is 3.03. The highest BCUT2D eigenvalue weighted by Crippen LogP contribution is 2.36. The lowest BCUT2D eigenvalue weighted by Crippen LogP contribution is -2.67. The third-order valence-corrected chi connectivity index (χ3v) is 5.31. The van der Waals surface area contributed by atoms with Crippen LogP contribution in [0.4, 0.5) is 0 Å². The molecule has 2 rings (SSSR count). The summed E-state index contributed by atoms with van der Waals surface area (Å²) >= 11 is 0. The van der Waals surface area contributed by atoms with E-state index in [0.29, 0.717) is 5.54 Å². The zero-order valence-electron chi connectivity index (χ0n) is 12.1. The molecule has 2 aliphatic rings. The third-order valence-electron chi connectivity index (χ3n) is 5.31. The van der Waals surface area contributed by atoms with E-state index in [4.69, 9.17) is 0 Å². The number of rotatable bonds is 4. The van der Waals surface area contributed by atoms with Gasteiger partial charge in [0.1, 0.15) is 0 Å². The van der Waals surface area contributed by atoms with Gasteiger partial charge in [-0.3, -0.25) is 4.90 Å². The van der Waals surface area contributed by atoms with Crippen LogP contribution in [-0.2, 0) is 0 Å². The Bertz CT molecular complexity index is 241. The normalized spacial score (nSPS) is 37.8. The lowest BCUT2D eigenvalue weighted by molar-refractivity contribution is -0.0113. The van der Waals surface area contributed by atoms with Crippen LogP contribution in [0.2, 0.25) is 0 Å². The van der Waals surface area contributed by atoms with Crippen LogP contribution in [0.15, 0.2) is 0 Å². The van der Waals surface area contributed by atoms with Gasteiger partial charge in [-0.1, -0.05) is 27.7 Å². The van der Waals surface area contributed by atoms with Gasteiger partial charge in [0.15, 0.2) is 0 Å². The fraction of sp³-hybridized carbons (Fsp3) is 1.00. The van der Waals surface area contributed by atoms with Gasteiger partial charge in [-0.25, -0.2) is 0 Å². The highest BCUT2D eigenvalue weighted by molar-refractivity contribution is 5.00. The van der Waals surface area contributed by atoms with Crippen LogP contribution in [0.5, 0.6) is 0 Å². The summed E-state index contributed by atoms with van der Waals surface area (Å²) < 4.78 is 0. The van der Waals surface area contributed by atoms with E-state index in [-0.39, 0.29) is 0 Å². The molecule has 1 unspecified atom stereocenters. The van der Waals surface area contributed by atoms with Crippen LogP contribution in [0.1, 0.15) is 59.8 Å². The Morgan fingerprint density at radius 2 is 1.82 bits per heavy atom. The molecule has 2 heteroatoms. The first-order valence-corrected chi connectivity index (χ1v) is 7.64. The Balaban J connectivity index is 2.03. The van der Waals surface area contributed by atoms with Gasteiger partial charge in [0.2, 0.25) is 0 Å². The molecule has 17 heavy (non-hydrogen) atoms. The highest BCUT2D eigenvalue weighted by atomic mass is 15.3. The predicted molar refractivity (Wildman–Crippen MR) is 74.3 cm³/mol. The fourth-order valence-corrected chi connectivity index (χ4v) is 3.65. The fourth-order valence-electron chi connectivity index (χ4n) is 3.65. The van der Waals surface area contributed by atoms with Gasteiger partial charge in [0.25, 0.3) is 0 Å². The van der Waals surface area contributed by atoms with Gasteiger partial charge in [0.05, 0.1) is 0 Å². The van der Waals surface area contributed by atoms with Crippen molar-refractivity contribution in [1.29, 1.82) is 0 Å². The summed E-state index contributed by atoms with van der Waals surface area (Å²) in [6.07, 6.45) is 6.68. The SMILES string of the molecule is CCC1CNC(CC)(CC)CN1C1CC(C)C1. The first-order valence-electron chi connectivity index (χ1n) is 7.64. The van der Waals surface area contributed by atoms with Crippen molar-refractivity contribution < 1.29 is 0 Å². The van der Waals surface area contributed by atoms with Crippen LogP contribution >= 0.6 is 0 Å². The molecule has 1 atom stereocenters. The summed E-state index contributed by atoms with van der Waals surface area (Å²) in [6.45, 7) is 11.9. The van der Waals surface area contributed by atoms with E-state index in [9.17, 15) is 0 Å². The number of nitrogens with one attached hydrogen (secondary N) is 1. The molecular weight excluding hydrogens is 208 g/mol. The standard InChI is InChI=1S/C15H30N2/c1-5-13-10-16-15(6-2,7-3)11-17(13)14-8-12(4)9-14/h12-14,16H,5-11H2,1-4H3. The van der Waals surface area contributed by atoms with Crippen molar-refractivity contribution in [3.8, 4) is 0 Å². The Kier molecular flexibility index (Phi) is 4.14. The molecule has 0 spiro atoms. The second kappa shape index (κ2) is 5.27. The molecule has 1 N–H and O–H groups in total. The number of hydrogen-bond donors (Lipinski definition) is 1. The van der Waals surface area contributed by atoms with Gasteiger partial charge in [-0.2, -0.15) is 0 Å². The van der Waals surface area contributed by atoms with Crippen molar-refractivity contribution in [2.24, 2.45) is 5.92 Å². The lowest BCUT2D eigenvalue weighted by Gasteiger charge is -2.53. The minimum atomic E-state index is 0.393. The van der Waals surface area contributed by atoms with Gasteiger partial charge < -0.3 is 5.32 Å². The van der Waals surface area contributed by atoms with E-state index in [2.05, 4.69) is 37.9 Å². The van der Waals surface area contributed by atoms with E-state index in [1.54, 1.807) is 0 Å². The largest absolute Gasteiger partial charge is 0.308 e. The van der Waals surface area contributed by atoms with Crippen LogP contribution in [0, 0.1) is 5.92 Å². The molecule has 0 aromatic heterocycles. The lowest BCUT2D eigenvalue weighted by atomic mass is 9.77. The van der Waals surface area contributed by atoms with Crippen LogP contribution < -0.4 is 5.32 Å². The molecule has 0 aromatic rings. The molecule has 0 amide bonds. The molecule has 1 saturated heterocycles. The van der Waals surface area contributed by atoms with Crippen molar-refractivity contribution in [2.75, 3.05) is 13.1 Å². The summed E-state index contributed by atoms with van der Waals surface area (Å²) in [4.78, 5) is 2.84. The summed E-state index contributed by atoms with van der Waals surface area (Å²) in [5.41, 5.74) is 0.393. The van der Waals surface area contributed by atoms with Gasteiger partial charge in [-0.05, 0) is 38.0 Å². The maximum atomic E-state index is 3.84. The van der Waals surface area contributed by atoms with Crippen molar-refractivity contribution in [3.63, 3.8) is 0 Å². The maximum Gasteiger partial charge on any atom is 0.0304 e. The quantitative estimate of drug-likeness (QED) is 0.810. The zero-order valence-corrected chi connectivity index (χ0v) is 12.1. The monoisotopic (exact) mass is 238 g/mol.